The summed E-state index contributed by atoms with van der Waals surface area (Å²) in [7, 11) is 0. The summed E-state index contributed by atoms with van der Waals surface area (Å²) in [6.45, 7) is 0. The molecule has 0 aliphatic rings. The monoisotopic (exact) mass is 1800 g/mol. The second-order valence-electron chi connectivity index (χ2n) is 35.1. The van der Waals surface area contributed by atoms with Gasteiger partial charge in [-0.15, -0.1) is 0 Å². The summed E-state index contributed by atoms with van der Waals surface area (Å²) in [5.74, 6) is 5.85. The van der Waals surface area contributed by atoms with Gasteiger partial charge < -0.3 is 13.7 Å². The van der Waals surface area contributed by atoms with Crippen molar-refractivity contribution < 1.29 is 0 Å². The molecule has 6 aromatic heterocycles. The highest BCUT2D eigenvalue weighted by Crippen LogP contribution is 2.46. The molecule has 0 aliphatic heterocycles. The first kappa shape index (κ1) is 83.6. The van der Waals surface area contributed by atoms with Crippen molar-refractivity contribution in [3.05, 3.63) is 510 Å². The molecule has 27 aromatic rings. The molecule has 141 heavy (non-hydrogen) atoms. The van der Waals surface area contributed by atoms with E-state index < -0.39 is 0 Å². The molecule has 12 heteroatoms. The molecular formula is C129H84N12. The fourth-order valence-electron chi connectivity index (χ4n) is 19.8. The highest BCUT2D eigenvalue weighted by molar-refractivity contribution is 6.26. The molecule has 6 heterocycles. The van der Waals surface area contributed by atoms with Gasteiger partial charge in [-0.3, -0.25) is 0 Å². The molecule has 21 aromatic carbocycles. The van der Waals surface area contributed by atoms with Gasteiger partial charge in [0.1, 0.15) is 0 Å². The Balaban J connectivity index is 0.000000111. The van der Waals surface area contributed by atoms with E-state index in [9.17, 15) is 0 Å². The molecule has 660 valence electrons. The van der Waals surface area contributed by atoms with Crippen LogP contribution in [0.25, 0.3) is 251 Å². The van der Waals surface area contributed by atoms with Crippen molar-refractivity contribution in [1.29, 1.82) is 0 Å². The first-order valence-corrected chi connectivity index (χ1v) is 47.4. The lowest BCUT2D eigenvalue weighted by atomic mass is 9.97. The molecule has 12 nitrogen and oxygen atoms in total. The summed E-state index contributed by atoms with van der Waals surface area (Å²) >= 11 is 0. The van der Waals surface area contributed by atoms with Crippen LogP contribution in [0.3, 0.4) is 0 Å². The van der Waals surface area contributed by atoms with E-state index in [1.807, 2.05) is 182 Å². The van der Waals surface area contributed by atoms with Crippen LogP contribution in [-0.4, -0.2) is 58.6 Å². The van der Waals surface area contributed by atoms with Crippen molar-refractivity contribution in [3.8, 4) is 153 Å². The fourth-order valence-corrected chi connectivity index (χ4v) is 19.8. The molecule has 0 amide bonds. The number of rotatable bonds is 15. The first-order valence-electron chi connectivity index (χ1n) is 47.4. The number of hydrogen-bond donors (Lipinski definition) is 0. The van der Waals surface area contributed by atoms with Gasteiger partial charge in [-0.2, -0.15) is 0 Å². The van der Waals surface area contributed by atoms with E-state index in [-0.39, 0.29) is 0 Å². The maximum Gasteiger partial charge on any atom is 0.164 e. The van der Waals surface area contributed by atoms with Gasteiger partial charge in [0.2, 0.25) is 0 Å². The van der Waals surface area contributed by atoms with E-state index >= 15 is 0 Å². The smallest absolute Gasteiger partial charge is 0.164 e. The normalized spacial score (nSPS) is 11.4. The van der Waals surface area contributed by atoms with E-state index in [1.165, 1.54) is 131 Å². The van der Waals surface area contributed by atoms with Crippen molar-refractivity contribution >= 4 is 97.7 Å². The molecule has 0 saturated heterocycles. The van der Waals surface area contributed by atoms with Crippen LogP contribution in [0.5, 0.6) is 0 Å². The molecule has 0 bridgehead atoms. The quantitative estimate of drug-likeness (QED) is 0.0984. The van der Waals surface area contributed by atoms with Crippen molar-refractivity contribution in [2.24, 2.45) is 0 Å². The standard InChI is InChI=1S/3C43H28N4/c1-4-13-29(14-5-1)36-21-12-22-37-39(36)40-35-20-11-10-15-30(35)25-28-38(40)47(37)34-26-23-33(24-27-34)43-45-41(31-16-6-2-7-17-31)44-42(46-43)32-18-8-3-9-19-32;1-4-13-29(14-5-1)36-21-12-22-38-40(36)37-27-33-19-10-11-20-34(33)28-39(37)47(38)35-25-23-32(24-26-35)43-45-41(30-15-6-2-7-16-30)44-42(46-43)31-17-8-3-9-18-31;1-4-12-29(13-5-1)34-23-27-39-38(28-34)37-26-22-30-14-10-11-19-36(30)40(37)47(39)35-24-20-33(21-25-35)43-45-41(31-15-6-2-7-16-31)44-42(46-43)32-17-8-3-9-18-32/h3*1-28H. The van der Waals surface area contributed by atoms with Gasteiger partial charge in [0.15, 0.2) is 52.4 Å². The molecule has 0 spiro atoms. The zero-order chi connectivity index (χ0) is 93.5. The van der Waals surface area contributed by atoms with Crippen LogP contribution in [0.4, 0.5) is 0 Å². The van der Waals surface area contributed by atoms with Gasteiger partial charge in [0.25, 0.3) is 0 Å². The third-order valence-corrected chi connectivity index (χ3v) is 26.5. The number of nitrogens with zero attached hydrogens (tertiary/aromatic N) is 12. The average Bonchev–Trinajstić information content (AvgIpc) is 1.57. The van der Waals surface area contributed by atoms with E-state index in [1.54, 1.807) is 0 Å². The van der Waals surface area contributed by atoms with Gasteiger partial charge in [-0.1, -0.05) is 394 Å². The SMILES string of the molecule is c1ccc(-c2ccc3c(c2)c2ccc4ccccc4c2n3-c2ccc(-c3nc(-c4ccccc4)nc(-c4ccccc4)n3)cc2)cc1.c1ccc(-c2nc(-c3ccccc3)nc(-c3ccc(-n4c5cc6ccccc6cc5c5c(-c6ccccc6)cccc54)cc3)n2)cc1.c1ccc(-c2nc(-c3ccccc3)nc(-c3ccc(-n4c5cccc(-c6ccccc6)c5c5c6ccccc6ccc54)cc3)n2)cc1. The minimum absolute atomic E-state index is 0.642. The van der Waals surface area contributed by atoms with Crippen molar-refractivity contribution in [1.82, 2.24) is 58.6 Å². The van der Waals surface area contributed by atoms with Gasteiger partial charge in [0, 0.05) is 105 Å². The van der Waals surface area contributed by atoms with Crippen LogP contribution < -0.4 is 0 Å². The second kappa shape index (κ2) is 36.6. The lowest BCUT2D eigenvalue weighted by molar-refractivity contribution is 1.07. The zero-order valence-corrected chi connectivity index (χ0v) is 76.4. The van der Waals surface area contributed by atoms with Crippen LogP contribution in [-0.2, 0) is 0 Å². The first-order chi connectivity index (χ1) is 69.9. The molecule has 0 unspecified atom stereocenters. The largest absolute Gasteiger partial charge is 0.309 e. The Morgan fingerprint density at radius 3 is 0.816 bits per heavy atom. The number of hydrogen-bond acceptors (Lipinski definition) is 9. The minimum Gasteiger partial charge on any atom is -0.309 e. The van der Waals surface area contributed by atoms with Gasteiger partial charge in [-0.05, 0) is 176 Å². The van der Waals surface area contributed by atoms with Crippen LogP contribution >= 0.6 is 0 Å². The summed E-state index contributed by atoms with van der Waals surface area (Å²) in [5.41, 5.74) is 26.1. The topological polar surface area (TPSA) is 131 Å². The van der Waals surface area contributed by atoms with Gasteiger partial charge in [0.05, 0.1) is 33.1 Å². The van der Waals surface area contributed by atoms with Gasteiger partial charge in [-0.25, -0.2) is 44.9 Å². The van der Waals surface area contributed by atoms with Crippen LogP contribution in [0.1, 0.15) is 0 Å². The summed E-state index contributed by atoms with van der Waals surface area (Å²) in [6, 6.07) is 178. The summed E-state index contributed by atoms with van der Waals surface area (Å²) in [5, 5.41) is 14.8. The molecular weight excluding hydrogens is 1720 g/mol. The third kappa shape index (κ3) is 16.0. The highest BCUT2D eigenvalue weighted by atomic mass is 15.1. The Kier molecular flexibility index (Phi) is 21.7. The van der Waals surface area contributed by atoms with Crippen LogP contribution in [0, 0.1) is 0 Å². The van der Waals surface area contributed by atoms with Crippen molar-refractivity contribution in [2.45, 2.75) is 0 Å². The van der Waals surface area contributed by atoms with Crippen LogP contribution in [0.15, 0.2) is 510 Å². The van der Waals surface area contributed by atoms with E-state index in [2.05, 4.69) is 341 Å². The average molecular weight is 1800 g/mol. The Labute approximate surface area is 813 Å². The van der Waals surface area contributed by atoms with Gasteiger partial charge >= 0.3 is 0 Å². The number of benzene rings is 21. The predicted molar refractivity (Wildman–Crippen MR) is 580 cm³/mol. The summed E-state index contributed by atoms with van der Waals surface area (Å²) < 4.78 is 7.15. The maximum atomic E-state index is 4.94. The lowest BCUT2D eigenvalue weighted by Gasteiger charge is -2.12. The molecule has 0 aliphatic carbocycles. The highest BCUT2D eigenvalue weighted by Gasteiger charge is 2.25. The number of fused-ring (bicyclic) bond motifs is 14. The summed E-state index contributed by atoms with van der Waals surface area (Å²) in [4.78, 5) is 44.2. The van der Waals surface area contributed by atoms with Crippen LogP contribution in [0.2, 0.25) is 0 Å². The second-order valence-corrected chi connectivity index (χ2v) is 35.1. The Morgan fingerprint density at radius 1 is 0.128 bits per heavy atom. The zero-order valence-electron chi connectivity index (χ0n) is 76.4. The predicted octanol–water partition coefficient (Wildman–Crippen LogP) is 32.4. The maximum absolute atomic E-state index is 4.94. The van der Waals surface area contributed by atoms with E-state index in [4.69, 9.17) is 44.9 Å². The Bertz CT molecular complexity index is 8990. The minimum atomic E-state index is 0.642. The van der Waals surface area contributed by atoms with E-state index in [0.29, 0.717) is 52.4 Å². The lowest BCUT2D eigenvalue weighted by Crippen LogP contribution is -2.00. The molecule has 27 rings (SSSR count). The molecule has 0 radical (unpaired) electrons. The molecule has 0 fully saturated rings. The summed E-state index contributed by atoms with van der Waals surface area (Å²) in [6.07, 6.45) is 0. The van der Waals surface area contributed by atoms with E-state index in [0.717, 1.165) is 67.1 Å². The van der Waals surface area contributed by atoms with Crippen molar-refractivity contribution in [2.75, 3.05) is 0 Å². The Morgan fingerprint density at radius 2 is 0.411 bits per heavy atom. The molecule has 0 saturated carbocycles. The fraction of sp³-hybridized carbons (Fsp3) is 0. The molecule has 0 N–H and O–H groups in total. The number of aromatic nitrogens is 12. The Hall–Kier alpha value is -19.2. The van der Waals surface area contributed by atoms with Crippen molar-refractivity contribution in [3.63, 3.8) is 0 Å². The third-order valence-electron chi connectivity index (χ3n) is 26.5. The molecule has 0 atom stereocenters.